The maximum atomic E-state index is 11.5. The maximum Gasteiger partial charge on any atom is 0.221 e. The predicted molar refractivity (Wildman–Crippen MR) is 76.3 cm³/mol. The molecule has 0 spiro atoms. The Balaban J connectivity index is 2.13. The normalized spacial score (nSPS) is 15.6. The zero-order valence-electron chi connectivity index (χ0n) is 11.0. The minimum absolute atomic E-state index is 0.0596. The van der Waals surface area contributed by atoms with Gasteiger partial charge in [0.2, 0.25) is 5.91 Å². The van der Waals surface area contributed by atoms with Gasteiger partial charge in [-0.1, -0.05) is 18.2 Å². The smallest absolute Gasteiger partial charge is 0.221 e. The van der Waals surface area contributed by atoms with Crippen molar-refractivity contribution in [1.29, 1.82) is 5.26 Å². The summed E-state index contributed by atoms with van der Waals surface area (Å²) in [5, 5.41) is 13.1. The second-order valence-corrected chi connectivity index (χ2v) is 4.74. The lowest BCUT2D eigenvalue weighted by Crippen LogP contribution is -2.29. The van der Waals surface area contributed by atoms with E-state index < -0.39 is 0 Å². The number of nitriles is 1. The van der Waals surface area contributed by atoms with Crippen molar-refractivity contribution < 1.29 is 4.79 Å². The van der Waals surface area contributed by atoms with Crippen molar-refractivity contribution in [1.82, 2.24) is 10.3 Å². The molecule has 20 heavy (non-hydrogen) atoms. The first kappa shape index (κ1) is 12.4. The van der Waals surface area contributed by atoms with Crippen LogP contribution in [0.1, 0.15) is 12.0 Å². The van der Waals surface area contributed by atoms with Crippen LogP contribution in [0.25, 0.3) is 10.9 Å². The van der Waals surface area contributed by atoms with E-state index in [4.69, 9.17) is 0 Å². The lowest BCUT2D eigenvalue weighted by molar-refractivity contribution is -0.120. The van der Waals surface area contributed by atoms with Gasteiger partial charge < -0.3 is 10.2 Å². The Kier molecular flexibility index (Phi) is 3.21. The Hall–Kier alpha value is -2.61. The van der Waals surface area contributed by atoms with Crippen LogP contribution in [0.4, 0.5) is 5.69 Å². The van der Waals surface area contributed by atoms with Crippen LogP contribution in [-0.2, 0) is 4.79 Å². The van der Waals surface area contributed by atoms with Crippen molar-refractivity contribution >= 4 is 22.5 Å². The number of hydrogen-bond donors (Lipinski definition) is 1. The maximum absolute atomic E-state index is 11.5. The van der Waals surface area contributed by atoms with Gasteiger partial charge in [-0.3, -0.25) is 9.78 Å². The van der Waals surface area contributed by atoms with Gasteiger partial charge in [-0.25, -0.2) is 0 Å². The number of fused-ring (bicyclic) bond motifs is 1. The summed E-state index contributed by atoms with van der Waals surface area (Å²) >= 11 is 0. The van der Waals surface area contributed by atoms with Gasteiger partial charge in [0.15, 0.2) is 0 Å². The Labute approximate surface area is 116 Å². The van der Waals surface area contributed by atoms with Crippen LogP contribution in [0.3, 0.4) is 0 Å². The summed E-state index contributed by atoms with van der Waals surface area (Å²) in [5.41, 5.74) is 2.30. The number of carbonyl (C=O) groups is 1. The van der Waals surface area contributed by atoms with Crippen LogP contribution in [0.5, 0.6) is 0 Å². The molecule has 0 aliphatic carbocycles. The summed E-state index contributed by atoms with van der Waals surface area (Å²) in [4.78, 5) is 17.9. The number of pyridine rings is 1. The fourth-order valence-corrected chi connectivity index (χ4v) is 2.54. The number of nitrogens with one attached hydrogen (secondary N) is 1. The van der Waals surface area contributed by atoms with E-state index in [2.05, 4.69) is 21.3 Å². The van der Waals surface area contributed by atoms with Crippen LogP contribution in [0, 0.1) is 11.3 Å². The Bertz CT molecular complexity index is 705. The average Bonchev–Trinajstić information content (AvgIpc) is 2.70. The van der Waals surface area contributed by atoms with Gasteiger partial charge in [-0.15, -0.1) is 0 Å². The highest BCUT2D eigenvalue weighted by Gasteiger charge is 2.19. The van der Waals surface area contributed by atoms with Crippen LogP contribution in [0.15, 0.2) is 30.5 Å². The first-order valence-corrected chi connectivity index (χ1v) is 6.59. The standard InChI is InChI=1S/C15H14N4O/c16-9-11-10-18-13-4-2-1-3-12(13)15(11)19-7-5-14(20)17-6-8-19/h1-4,10H,5-8H2,(H,17,20). The number of amides is 1. The third-order valence-electron chi connectivity index (χ3n) is 3.50. The molecule has 1 aromatic heterocycles. The van der Waals surface area contributed by atoms with Gasteiger partial charge in [-0.2, -0.15) is 5.26 Å². The molecule has 3 rings (SSSR count). The summed E-state index contributed by atoms with van der Waals surface area (Å²) in [6, 6.07) is 9.98. The summed E-state index contributed by atoms with van der Waals surface area (Å²) in [6.45, 7) is 1.92. The third-order valence-corrected chi connectivity index (χ3v) is 3.50. The number of anilines is 1. The summed E-state index contributed by atoms with van der Waals surface area (Å²) < 4.78 is 0. The molecule has 1 aliphatic heterocycles. The third kappa shape index (κ3) is 2.16. The molecule has 0 unspecified atom stereocenters. The second-order valence-electron chi connectivity index (χ2n) is 4.74. The zero-order chi connectivity index (χ0) is 13.9. The van der Waals surface area contributed by atoms with E-state index in [1.807, 2.05) is 24.3 Å². The van der Waals surface area contributed by atoms with Crippen LogP contribution in [0.2, 0.25) is 0 Å². The SMILES string of the molecule is N#Cc1cnc2ccccc2c1N1CCNC(=O)CC1. The first-order valence-electron chi connectivity index (χ1n) is 6.59. The van der Waals surface area contributed by atoms with Gasteiger partial charge in [0, 0.05) is 37.6 Å². The number of hydrogen-bond acceptors (Lipinski definition) is 4. The summed E-state index contributed by atoms with van der Waals surface area (Å²) in [5.74, 6) is 0.0596. The van der Waals surface area contributed by atoms with Gasteiger partial charge in [0.05, 0.1) is 16.8 Å². The van der Waals surface area contributed by atoms with Crippen LogP contribution >= 0.6 is 0 Å². The minimum Gasteiger partial charge on any atom is -0.368 e. The highest BCUT2D eigenvalue weighted by Crippen LogP contribution is 2.29. The first-order chi connectivity index (χ1) is 9.79. The molecule has 5 nitrogen and oxygen atoms in total. The molecule has 1 saturated heterocycles. The van der Waals surface area contributed by atoms with Crippen molar-refractivity contribution in [3.8, 4) is 6.07 Å². The molecule has 1 aliphatic rings. The molecule has 5 heteroatoms. The molecule has 0 atom stereocenters. The number of aromatic nitrogens is 1. The molecule has 2 heterocycles. The lowest BCUT2D eigenvalue weighted by atomic mass is 10.1. The van der Waals surface area contributed by atoms with E-state index in [9.17, 15) is 10.1 Å². The molecule has 0 bridgehead atoms. The number of para-hydroxylation sites is 1. The fraction of sp³-hybridized carbons (Fsp3) is 0.267. The van der Waals surface area contributed by atoms with Crippen molar-refractivity contribution in [2.75, 3.05) is 24.5 Å². The van der Waals surface area contributed by atoms with Gasteiger partial charge in [0.1, 0.15) is 6.07 Å². The molecule has 1 fully saturated rings. The van der Waals surface area contributed by atoms with E-state index in [1.165, 1.54) is 0 Å². The van der Waals surface area contributed by atoms with Crippen LogP contribution < -0.4 is 10.2 Å². The molecule has 0 saturated carbocycles. The predicted octanol–water partition coefficient (Wildman–Crippen LogP) is 1.43. The lowest BCUT2D eigenvalue weighted by Gasteiger charge is -2.24. The topological polar surface area (TPSA) is 69.0 Å². The Morgan fingerprint density at radius 3 is 3.00 bits per heavy atom. The number of benzene rings is 1. The molecule has 1 amide bonds. The Morgan fingerprint density at radius 2 is 2.15 bits per heavy atom. The molecular weight excluding hydrogens is 252 g/mol. The van der Waals surface area contributed by atoms with Gasteiger partial charge in [-0.05, 0) is 6.07 Å². The van der Waals surface area contributed by atoms with E-state index >= 15 is 0 Å². The molecule has 1 aromatic carbocycles. The van der Waals surface area contributed by atoms with E-state index in [0.717, 1.165) is 16.6 Å². The monoisotopic (exact) mass is 266 g/mol. The highest BCUT2D eigenvalue weighted by atomic mass is 16.1. The quantitative estimate of drug-likeness (QED) is 0.847. The van der Waals surface area contributed by atoms with E-state index in [1.54, 1.807) is 6.20 Å². The van der Waals surface area contributed by atoms with Gasteiger partial charge >= 0.3 is 0 Å². The molecule has 100 valence electrons. The Morgan fingerprint density at radius 1 is 1.30 bits per heavy atom. The number of nitrogens with zero attached hydrogens (tertiary/aromatic N) is 3. The molecule has 0 radical (unpaired) electrons. The van der Waals surface area contributed by atoms with E-state index in [-0.39, 0.29) is 5.91 Å². The molecule has 1 N–H and O–H groups in total. The number of rotatable bonds is 1. The zero-order valence-corrected chi connectivity index (χ0v) is 11.0. The van der Waals surface area contributed by atoms with Crippen molar-refractivity contribution in [3.63, 3.8) is 0 Å². The fourth-order valence-electron chi connectivity index (χ4n) is 2.54. The van der Waals surface area contributed by atoms with Crippen LogP contribution in [-0.4, -0.2) is 30.5 Å². The second kappa shape index (κ2) is 5.17. The molecular formula is C15H14N4O. The minimum atomic E-state index is 0.0596. The average molecular weight is 266 g/mol. The van der Waals surface area contributed by atoms with Crippen molar-refractivity contribution in [2.45, 2.75) is 6.42 Å². The van der Waals surface area contributed by atoms with Crippen molar-refractivity contribution in [2.24, 2.45) is 0 Å². The number of carbonyl (C=O) groups excluding carboxylic acids is 1. The largest absolute Gasteiger partial charge is 0.368 e. The van der Waals surface area contributed by atoms with E-state index in [0.29, 0.717) is 31.6 Å². The summed E-state index contributed by atoms with van der Waals surface area (Å²) in [7, 11) is 0. The summed E-state index contributed by atoms with van der Waals surface area (Å²) in [6.07, 6.45) is 2.05. The van der Waals surface area contributed by atoms with Crippen molar-refractivity contribution in [3.05, 3.63) is 36.0 Å². The molecule has 2 aromatic rings. The van der Waals surface area contributed by atoms with Gasteiger partial charge in [0.25, 0.3) is 0 Å². The highest BCUT2D eigenvalue weighted by molar-refractivity contribution is 5.94.